The van der Waals surface area contributed by atoms with Gasteiger partial charge in [-0.15, -0.1) is 0 Å². The number of aryl methyl sites for hydroxylation is 1. The van der Waals surface area contributed by atoms with Crippen molar-refractivity contribution in [2.75, 3.05) is 12.8 Å². The highest BCUT2D eigenvalue weighted by Crippen LogP contribution is 2.44. The molecule has 224 valence electrons. The van der Waals surface area contributed by atoms with Crippen molar-refractivity contribution < 1.29 is 39.6 Å². The van der Waals surface area contributed by atoms with Crippen LogP contribution in [-0.4, -0.2) is 48.3 Å². The number of alkyl halides is 6. The van der Waals surface area contributed by atoms with Gasteiger partial charge in [0.05, 0.1) is 26.9 Å². The van der Waals surface area contributed by atoms with Crippen LogP contribution in [0.25, 0.3) is 11.3 Å². The molecular formula is C26H32ClF6N3O3S. The summed E-state index contributed by atoms with van der Waals surface area (Å²) in [6.45, 7) is 3.72. The molecule has 0 radical (unpaired) electrons. The summed E-state index contributed by atoms with van der Waals surface area (Å²) < 4.78 is 107. The summed E-state index contributed by atoms with van der Waals surface area (Å²) >= 11 is 6.43. The fourth-order valence-electron chi connectivity index (χ4n) is 4.91. The van der Waals surface area contributed by atoms with Crippen LogP contribution >= 0.6 is 11.6 Å². The first kappa shape index (κ1) is 32.2. The smallest absolute Gasteiger partial charge is 0.350 e. The van der Waals surface area contributed by atoms with Crippen LogP contribution in [0.1, 0.15) is 68.1 Å². The normalized spacial score (nSPS) is 19.1. The van der Waals surface area contributed by atoms with E-state index >= 15 is 0 Å². The van der Waals surface area contributed by atoms with Crippen molar-refractivity contribution in [3.8, 4) is 11.3 Å². The molecule has 3 rings (SSSR count). The maximum Gasteiger partial charge on any atom is 0.417 e. The van der Waals surface area contributed by atoms with Crippen molar-refractivity contribution in [3.05, 3.63) is 40.0 Å². The number of hydrogen-bond acceptors (Lipinski definition) is 4. The number of nitrogens with one attached hydrogen (secondary N) is 1. The van der Waals surface area contributed by atoms with Gasteiger partial charge in [-0.25, -0.2) is 8.42 Å². The van der Waals surface area contributed by atoms with Gasteiger partial charge in [-0.1, -0.05) is 37.6 Å². The van der Waals surface area contributed by atoms with E-state index in [-0.39, 0.29) is 41.0 Å². The zero-order valence-corrected chi connectivity index (χ0v) is 24.1. The average molecular weight is 616 g/mol. The monoisotopic (exact) mass is 615 g/mol. The van der Waals surface area contributed by atoms with Crippen molar-refractivity contribution in [3.63, 3.8) is 0 Å². The van der Waals surface area contributed by atoms with Gasteiger partial charge in [-0.3, -0.25) is 9.48 Å². The first-order valence-electron chi connectivity index (χ1n) is 12.8. The third kappa shape index (κ3) is 7.13. The summed E-state index contributed by atoms with van der Waals surface area (Å²) in [5, 5.41) is 6.10. The van der Waals surface area contributed by atoms with E-state index in [1.807, 2.05) is 0 Å². The minimum atomic E-state index is -4.92. The number of amides is 1. The van der Waals surface area contributed by atoms with E-state index in [0.717, 1.165) is 24.6 Å². The van der Waals surface area contributed by atoms with Crippen molar-refractivity contribution in [1.82, 2.24) is 15.1 Å². The molecule has 14 heteroatoms. The number of rotatable bonds is 8. The minimum Gasteiger partial charge on any atom is -0.350 e. The summed E-state index contributed by atoms with van der Waals surface area (Å²) in [5.74, 6) is -0.667. The second-order valence-corrected chi connectivity index (χ2v) is 13.6. The van der Waals surface area contributed by atoms with E-state index in [4.69, 9.17) is 11.6 Å². The van der Waals surface area contributed by atoms with Crippen LogP contribution in [0.5, 0.6) is 0 Å². The molecular weight excluding hydrogens is 584 g/mol. The second kappa shape index (κ2) is 11.5. The van der Waals surface area contributed by atoms with Crippen LogP contribution in [0, 0.1) is 11.3 Å². The molecule has 1 N–H and O–H groups in total. The molecule has 0 atom stereocenters. The topological polar surface area (TPSA) is 81.1 Å². The molecule has 6 nitrogen and oxygen atoms in total. The van der Waals surface area contributed by atoms with E-state index in [9.17, 15) is 39.6 Å². The lowest BCUT2D eigenvalue weighted by Crippen LogP contribution is -2.34. The van der Waals surface area contributed by atoms with E-state index in [1.165, 1.54) is 12.3 Å². The van der Waals surface area contributed by atoms with Crippen molar-refractivity contribution >= 4 is 27.3 Å². The largest absolute Gasteiger partial charge is 0.417 e. The maximum absolute atomic E-state index is 14.1. The Morgan fingerprint density at radius 1 is 1.10 bits per heavy atom. The number of nitrogens with zero attached hydrogens (tertiary/aromatic N) is 2. The molecule has 2 aromatic rings. The summed E-state index contributed by atoms with van der Waals surface area (Å²) in [4.78, 5) is 12.9. The van der Waals surface area contributed by atoms with Gasteiger partial charge in [0.15, 0.2) is 5.69 Å². The fraction of sp³-hybridized carbons (Fsp3) is 0.615. The first-order chi connectivity index (χ1) is 18.3. The van der Waals surface area contributed by atoms with Crippen molar-refractivity contribution in [2.24, 2.45) is 11.3 Å². The number of carbonyl (C=O) groups excluding carboxylic acids is 1. The molecule has 1 aliphatic rings. The molecule has 1 aliphatic carbocycles. The molecule has 0 unspecified atom stereocenters. The van der Waals surface area contributed by atoms with Gasteiger partial charge in [0.25, 0.3) is 5.91 Å². The molecule has 1 fully saturated rings. The van der Waals surface area contributed by atoms with Crippen LogP contribution in [0.15, 0.2) is 18.2 Å². The van der Waals surface area contributed by atoms with Gasteiger partial charge in [0.2, 0.25) is 0 Å². The van der Waals surface area contributed by atoms with E-state index in [1.54, 1.807) is 6.92 Å². The second-order valence-electron chi connectivity index (χ2n) is 10.9. The molecule has 40 heavy (non-hydrogen) atoms. The van der Waals surface area contributed by atoms with Crippen LogP contribution in [-0.2, 0) is 29.0 Å². The lowest BCUT2D eigenvalue weighted by molar-refractivity contribution is -0.211. The number of sulfone groups is 1. The fourth-order valence-corrected chi connectivity index (χ4v) is 6.36. The molecule has 1 saturated carbocycles. The van der Waals surface area contributed by atoms with Crippen molar-refractivity contribution in [2.45, 2.75) is 77.0 Å². The number of aromatic nitrogens is 2. The highest BCUT2D eigenvalue weighted by atomic mass is 35.5. The Bertz CT molecular complexity index is 1340. The molecule has 1 heterocycles. The van der Waals surface area contributed by atoms with E-state index in [2.05, 4.69) is 10.4 Å². The first-order valence-corrected chi connectivity index (χ1v) is 15.1. The predicted octanol–water partition coefficient (Wildman–Crippen LogP) is 6.71. The minimum absolute atomic E-state index is 0.0267. The number of halogens is 7. The quantitative estimate of drug-likeness (QED) is 0.335. The average Bonchev–Trinajstić information content (AvgIpc) is 3.17. The zero-order chi connectivity index (χ0) is 30.3. The molecule has 1 aromatic heterocycles. The Morgan fingerprint density at radius 2 is 1.70 bits per heavy atom. The summed E-state index contributed by atoms with van der Waals surface area (Å²) in [7, 11) is -3.14. The Morgan fingerprint density at radius 3 is 2.20 bits per heavy atom. The summed E-state index contributed by atoms with van der Waals surface area (Å²) in [5.41, 5.74) is -4.45. The lowest BCUT2D eigenvalue weighted by atomic mass is 9.84. The van der Waals surface area contributed by atoms with Gasteiger partial charge in [-0.2, -0.15) is 31.4 Å². The van der Waals surface area contributed by atoms with Crippen LogP contribution in [0.3, 0.4) is 0 Å². The molecule has 1 amide bonds. The van der Waals surface area contributed by atoms with Crippen LogP contribution < -0.4 is 5.32 Å². The van der Waals surface area contributed by atoms with Gasteiger partial charge in [0.1, 0.15) is 9.84 Å². The Balaban J connectivity index is 1.89. The van der Waals surface area contributed by atoms with Gasteiger partial charge in [-0.05, 0) is 56.6 Å². The van der Waals surface area contributed by atoms with Gasteiger partial charge in [0, 0.05) is 24.9 Å². The number of carbonyl (C=O) groups is 1. The summed E-state index contributed by atoms with van der Waals surface area (Å²) in [6.07, 6.45) is -6.88. The maximum atomic E-state index is 14.1. The standard InChI is InChI=1S/C26H32ClF6N3O3S/c1-5-36-22(18-11-8-16(12-19(18)25(28,29)30)13-24(2,3)26(31,32)33)20(27)21(35-36)23(37)34-14-15-6-9-17(10-7-15)40(4,38)39/h8,11-12,15,17H,5-7,9-10,13-14H2,1-4H3,(H,34,37)/t15-,17-. The Labute approximate surface area is 234 Å². The molecule has 0 bridgehead atoms. The molecule has 0 spiro atoms. The van der Waals surface area contributed by atoms with E-state index in [0.29, 0.717) is 31.7 Å². The number of benzene rings is 1. The number of hydrogen-bond donors (Lipinski definition) is 1. The van der Waals surface area contributed by atoms with Crippen LogP contribution in [0.2, 0.25) is 5.02 Å². The molecule has 1 aromatic carbocycles. The molecule has 0 saturated heterocycles. The lowest BCUT2D eigenvalue weighted by Gasteiger charge is -2.28. The van der Waals surface area contributed by atoms with Gasteiger partial charge < -0.3 is 5.32 Å². The highest BCUT2D eigenvalue weighted by molar-refractivity contribution is 7.91. The summed E-state index contributed by atoms with van der Waals surface area (Å²) in [6, 6.07) is 2.92. The van der Waals surface area contributed by atoms with Crippen molar-refractivity contribution in [1.29, 1.82) is 0 Å². The molecule has 0 aliphatic heterocycles. The third-order valence-corrected chi connectivity index (χ3v) is 9.46. The SMILES string of the molecule is CCn1nc(C(=O)NC[C@H]2CC[C@H](S(C)(=O)=O)CC2)c(Cl)c1-c1ccc(CC(C)(C)C(F)(F)F)cc1C(F)(F)F. The third-order valence-electron chi connectivity index (χ3n) is 7.42. The van der Waals surface area contributed by atoms with Gasteiger partial charge >= 0.3 is 12.4 Å². The van der Waals surface area contributed by atoms with Crippen LogP contribution in [0.4, 0.5) is 26.3 Å². The predicted molar refractivity (Wildman–Crippen MR) is 140 cm³/mol. The van der Waals surface area contributed by atoms with E-state index < -0.39 is 56.3 Å². The highest BCUT2D eigenvalue weighted by Gasteiger charge is 2.47. The Hall–Kier alpha value is -2.28. The zero-order valence-electron chi connectivity index (χ0n) is 22.5. The Kier molecular flexibility index (Phi) is 9.30.